The Morgan fingerprint density at radius 2 is 1.75 bits per heavy atom. The molecule has 0 fully saturated rings. The Balaban J connectivity index is 1.46. The SMILES string of the molecule is O=C1CC(=O)c2ccc(NCc3csc(-c4ncccn4)n3)c3cccc1c23. The molecule has 1 N–H and O–H groups in total. The van der Waals surface area contributed by atoms with Gasteiger partial charge < -0.3 is 5.32 Å². The molecule has 0 spiro atoms. The van der Waals surface area contributed by atoms with E-state index in [0.717, 1.165) is 27.2 Å². The molecule has 0 unspecified atom stereocenters. The molecule has 0 atom stereocenters. The maximum absolute atomic E-state index is 12.2. The first-order valence-corrected chi connectivity index (χ1v) is 9.66. The minimum Gasteiger partial charge on any atom is -0.379 e. The van der Waals surface area contributed by atoms with Crippen molar-refractivity contribution in [3.8, 4) is 10.8 Å². The third-order valence-electron chi connectivity index (χ3n) is 4.73. The highest BCUT2D eigenvalue weighted by Crippen LogP contribution is 2.34. The van der Waals surface area contributed by atoms with Crippen LogP contribution in [0.2, 0.25) is 0 Å². The van der Waals surface area contributed by atoms with Crippen LogP contribution in [0.25, 0.3) is 21.6 Å². The minimum absolute atomic E-state index is 0.0535. The topological polar surface area (TPSA) is 84.8 Å². The second-order valence-electron chi connectivity index (χ2n) is 6.48. The van der Waals surface area contributed by atoms with Crippen molar-refractivity contribution in [3.63, 3.8) is 0 Å². The number of anilines is 1. The van der Waals surface area contributed by atoms with Gasteiger partial charge in [-0.15, -0.1) is 11.3 Å². The number of Topliss-reactive ketones (excluding diaryl/α,β-unsaturated/α-hetero) is 2. The monoisotopic (exact) mass is 386 g/mol. The van der Waals surface area contributed by atoms with E-state index in [1.807, 2.05) is 23.6 Å². The van der Waals surface area contributed by atoms with E-state index in [1.54, 1.807) is 30.6 Å². The van der Waals surface area contributed by atoms with Crippen molar-refractivity contribution in [2.24, 2.45) is 0 Å². The van der Waals surface area contributed by atoms with Gasteiger partial charge in [0.2, 0.25) is 0 Å². The van der Waals surface area contributed by atoms with Crippen LogP contribution in [0.5, 0.6) is 0 Å². The number of nitrogens with one attached hydrogen (secondary N) is 1. The smallest absolute Gasteiger partial charge is 0.188 e. The van der Waals surface area contributed by atoms with E-state index >= 15 is 0 Å². The summed E-state index contributed by atoms with van der Waals surface area (Å²) in [6, 6.07) is 11.0. The number of hydrogen-bond donors (Lipinski definition) is 1. The predicted octanol–water partition coefficient (Wildman–Crippen LogP) is 4.13. The van der Waals surface area contributed by atoms with E-state index in [9.17, 15) is 9.59 Å². The van der Waals surface area contributed by atoms with Gasteiger partial charge in [-0.2, -0.15) is 0 Å². The molecule has 0 aliphatic heterocycles. The summed E-state index contributed by atoms with van der Waals surface area (Å²) in [6.45, 7) is 0.518. The molecule has 1 aliphatic carbocycles. The summed E-state index contributed by atoms with van der Waals surface area (Å²) in [4.78, 5) is 37.5. The highest BCUT2D eigenvalue weighted by molar-refractivity contribution is 7.13. The second kappa shape index (κ2) is 6.61. The summed E-state index contributed by atoms with van der Waals surface area (Å²) in [5, 5.41) is 7.73. The van der Waals surface area contributed by atoms with Gasteiger partial charge >= 0.3 is 0 Å². The maximum Gasteiger partial charge on any atom is 0.188 e. The first-order chi connectivity index (χ1) is 13.7. The molecule has 2 aromatic carbocycles. The number of ketones is 2. The van der Waals surface area contributed by atoms with Gasteiger partial charge in [0.25, 0.3) is 0 Å². The van der Waals surface area contributed by atoms with E-state index < -0.39 is 0 Å². The highest BCUT2D eigenvalue weighted by atomic mass is 32.1. The number of carbonyl (C=O) groups is 2. The van der Waals surface area contributed by atoms with Gasteiger partial charge in [-0.1, -0.05) is 18.2 Å². The van der Waals surface area contributed by atoms with E-state index in [2.05, 4.69) is 20.3 Å². The molecule has 5 rings (SSSR count). The molecular weight excluding hydrogens is 372 g/mol. The maximum atomic E-state index is 12.2. The van der Waals surface area contributed by atoms with E-state index in [1.165, 1.54) is 11.3 Å². The molecule has 0 amide bonds. The van der Waals surface area contributed by atoms with Crippen LogP contribution in [-0.2, 0) is 6.54 Å². The Morgan fingerprint density at radius 3 is 2.57 bits per heavy atom. The van der Waals surface area contributed by atoms with Crippen LogP contribution in [0.1, 0.15) is 32.8 Å². The molecule has 0 saturated heterocycles. The van der Waals surface area contributed by atoms with Crippen molar-refractivity contribution >= 4 is 39.4 Å². The Hall–Kier alpha value is -3.45. The summed E-state index contributed by atoms with van der Waals surface area (Å²) in [6.07, 6.45) is 3.33. The molecule has 0 bridgehead atoms. The predicted molar refractivity (Wildman–Crippen MR) is 108 cm³/mol. The summed E-state index contributed by atoms with van der Waals surface area (Å²) in [5.74, 6) is 0.372. The zero-order valence-electron chi connectivity index (χ0n) is 14.7. The minimum atomic E-state index is -0.118. The molecule has 6 nitrogen and oxygen atoms in total. The zero-order chi connectivity index (χ0) is 19.1. The summed E-state index contributed by atoms with van der Waals surface area (Å²) < 4.78 is 0. The third-order valence-corrected chi connectivity index (χ3v) is 5.62. The Labute approximate surface area is 164 Å². The largest absolute Gasteiger partial charge is 0.379 e. The number of hydrogen-bond acceptors (Lipinski definition) is 7. The Kier molecular flexibility index (Phi) is 3.95. The first-order valence-electron chi connectivity index (χ1n) is 8.78. The van der Waals surface area contributed by atoms with Gasteiger partial charge in [-0.25, -0.2) is 15.0 Å². The molecule has 0 saturated carbocycles. The molecule has 1 aliphatic rings. The standard InChI is InChI=1S/C21H14N4O2S/c26-17-9-18(27)15-5-6-16(13-3-1-4-14(17)19(13)15)24-10-12-11-28-21(25-12)20-22-7-2-8-23-20/h1-8,11,24H,9-10H2. The van der Waals surface area contributed by atoms with E-state index in [4.69, 9.17) is 0 Å². The van der Waals surface area contributed by atoms with Crippen molar-refractivity contribution in [3.05, 3.63) is 71.0 Å². The van der Waals surface area contributed by atoms with Gasteiger partial charge in [0.1, 0.15) is 0 Å². The lowest BCUT2D eigenvalue weighted by Crippen LogP contribution is -2.16. The normalized spacial score (nSPS) is 13.1. The van der Waals surface area contributed by atoms with Crippen LogP contribution in [0.3, 0.4) is 0 Å². The van der Waals surface area contributed by atoms with Gasteiger partial charge in [0, 0.05) is 45.4 Å². The zero-order valence-corrected chi connectivity index (χ0v) is 15.5. The van der Waals surface area contributed by atoms with Crippen LogP contribution >= 0.6 is 11.3 Å². The Bertz CT molecular complexity index is 1210. The molecule has 4 aromatic rings. The van der Waals surface area contributed by atoms with Crippen molar-refractivity contribution in [1.29, 1.82) is 0 Å². The molecule has 28 heavy (non-hydrogen) atoms. The van der Waals surface area contributed by atoms with Crippen molar-refractivity contribution in [1.82, 2.24) is 15.0 Å². The number of thiazole rings is 1. The van der Waals surface area contributed by atoms with Crippen LogP contribution < -0.4 is 5.32 Å². The van der Waals surface area contributed by atoms with Crippen LogP contribution in [0.15, 0.2) is 54.2 Å². The lowest BCUT2D eigenvalue weighted by Gasteiger charge is -2.18. The number of nitrogens with zero attached hydrogens (tertiary/aromatic N) is 3. The van der Waals surface area contributed by atoms with Crippen LogP contribution in [0.4, 0.5) is 5.69 Å². The highest BCUT2D eigenvalue weighted by Gasteiger charge is 2.26. The fourth-order valence-corrected chi connectivity index (χ4v) is 4.21. The van der Waals surface area contributed by atoms with Crippen LogP contribution in [0, 0.1) is 0 Å². The van der Waals surface area contributed by atoms with Gasteiger partial charge in [0.15, 0.2) is 22.4 Å². The summed E-state index contributed by atoms with van der Waals surface area (Å²) in [7, 11) is 0. The number of benzene rings is 2. The fourth-order valence-electron chi connectivity index (χ4n) is 3.45. The number of aromatic nitrogens is 3. The van der Waals surface area contributed by atoms with Gasteiger partial charge in [-0.3, -0.25) is 9.59 Å². The quantitative estimate of drug-likeness (QED) is 0.531. The van der Waals surface area contributed by atoms with Crippen molar-refractivity contribution < 1.29 is 9.59 Å². The van der Waals surface area contributed by atoms with Crippen LogP contribution in [-0.4, -0.2) is 26.5 Å². The summed E-state index contributed by atoms with van der Waals surface area (Å²) in [5.41, 5.74) is 2.98. The van der Waals surface area contributed by atoms with E-state index in [-0.39, 0.29) is 18.0 Å². The van der Waals surface area contributed by atoms with Gasteiger partial charge in [-0.05, 0) is 18.2 Å². The molecule has 0 radical (unpaired) electrons. The average molecular weight is 386 g/mol. The third kappa shape index (κ3) is 2.76. The molecular formula is C21H14N4O2S. The lowest BCUT2D eigenvalue weighted by atomic mass is 9.86. The van der Waals surface area contributed by atoms with Crippen molar-refractivity contribution in [2.45, 2.75) is 13.0 Å². The molecule has 2 aromatic heterocycles. The van der Waals surface area contributed by atoms with Gasteiger partial charge in [0.05, 0.1) is 18.7 Å². The fraction of sp³-hybridized carbons (Fsp3) is 0.0952. The van der Waals surface area contributed by atoms with Crippen molar-refractivity contribution in [2.75, 3.05) is 5.32 Å². The van der Waals surface area contributed by atoms with E-state index in [0.29, 0.717) is 23.5 Å². The number of carbonyl (C=O) groups excluding carboxylic acids is 2. The summed E-state index contributed by atoms with van der Waals surface area (Å²) >= 11 is 1.49. The average Bonchev–Trinajstić information content (AvgIpc) is 3.20. The Morgan fingerprint density at radius 1 is 0.964 bits per heavy atom. The molecule has 7 heteroatoms. The number of rotatable bonds is 4. The first kappa shape index (κ1) is 16.7. The molecule has 2 heterocycles. The molecule has 136 valence electrons. The lowest BCUT2D eigenvalue weighted by molar-refractivity contribution is 0.0890. The second-order valence-corrected chi connectivity index (χ2v) is 7.34.